The molecule has 0 aliphatic rings. The van der Waals surface area contributed by atoms with Gasteiger partial charge in [0.2, 0.25) is 0 Å². The van der Waals surface area contributed by atoms with Crippen LogP contribution >= 0.6 is 0 Å². The fourth-order valence-corrected chi connectivity index (χ4v) is 2.17. The molecule has 4 nitrogen and oxygen atoms in total. The van der Waals surface area contributed by atoms with Gasteiger partial charge in [0.25, 0.3) is 5.91 Å². The Hall–Kier alpha value is -2.49. The molecule has 2 aromatic rings. The minimum Gasteiger partial charge on any atom is -0.496 e. The topological polar surface area (TPSA) is 47.6 Å². The molecule has 0 aliphatic carbocycles. The molecule has 0 heterocycles. The Morgan fingerprint density at radius 3 is 2.50 bits per heavy atom. The molecular formula is C18H21NO3. The maximum atomic E-state index is 12.0. The highest BCUT2D eigenvalue weighted by molar-refractivity contribution is 5.78. The Kier molecular flexibility index (Phi) is 5.42. The summed E-state index contributed by atoms with van der Waals surface area (Å²) in [5, 5.41) is 2.91. The van der Waals surface area contributed by atoms with E-state index < -0.39 is 0 Å². The van der Waals surface area contributed by atoms with Crippen LogP contribution in [0.25, 0.3) is 0 Å². The highest BCUT2D eigenvalue weighted by atomic mass is 16.5. The molecule has 1 unspecified atom stereocenters. The van der Waals surface area contributed by atoms with Crippen molar-refractivity contribution in [3.63, 3.8) is 0 Å². The summed E-state index contributed by atoms with van der Waals surface area (Å²) in [7, 11) is 1.62. The number of benzene rings is 2. The van der Waals surface area contributed by atoms with E-state index in [1.165, 1.54) is 0 Å². The van der Waals surface area contributed by atoms with Gasteiger partial charge in [-0.3, -0.25) is 4.79 Å². The maximum absolute atomic E-state index is 12.0. The Labute approximate surface area is 131 Å². The van der Waals surface area contributed by atoms with Gasteiger partial charge in [-0.25, -0.2) is 0 Å². The second-order valence-electron chi connectivity index (χ2n) is 5.13. The van der Waals surface area contributed by atoms with Crippen molar-refractivity contribution >= 4 is 5.91 Å². The first-order valence-corrected chi connectivity index (χ1v) is 7.22. The van der Waals surface area contributed by atoms with E-state index >= 15 is 0 Å². The van der Waals surface area contributed by atoms with Crippen LogP contribution in [0.1, 0.15) is 24.1 Å². The van der Waals surface area contributed by atoms with Gasteiger partial charge in [-0.05, 0) is 32.0 Å². The van der Waals surface area contributed by atoms with Crippen molar-refractivity contribution in [1.29, 1.82) is 0 Å². The highest BCUT2D eigenvalue weighted by Crippen LogP contribution is 2.24. The lowest BCUT2D eigenvalue weighted by molar-refractivity contribution is -0.123. The number of para-hydroxylation sites is 1. The summed E-state index contributed by atoms with van der Waals surface area (Å²) in [5.74, 6) is 1.28. The molecule has 2 rings (SSSR count). The first-order chi connectivity index (χ1) is 10.6. The summed E-state index contributed by atoms with van der Waals surface area (Å²) in [6, 6.07) is 15.1. The Morgan fingerprint density at radius 2 is 1.82 bits per heavy atom. The maximum Gasteiger partial charge on any atom is 0.258 e. The molecule has 116 valence electrons. The van der Waals surface area contributed by atoms with Gasteiger partial charge < -0.3 is 14.8 Å². The number of ether oxygens (including phenoxy) is 2. The smallest absolute Gasteiger partial charge is 0.258 e. The highest BCUT2D eigenvalue weighted by Gasteiger charge is 2.13. The van der Waals surface area contributed by atoms with Crippen molar-refractivity contribution in [1.82, 2.24) is 5.32 Å². The van der Waals surface area contributed by atoms with E-state index in [1.807, 2.05) is 62.4 Å². The SMILES string of the molecule is COc1ccccc1C(C)NC(=O)COc1ccc(C)cc1. The number of carbonyl (C=O) groups is 1. The summed E-state index contributed by atoms with van der Waals surface area (Å²) >= 11 is 0. The van der Waals surface area contributed by atoms with Crippen molar-refractivity contribution in [2.45, 2.75) is 19.9 Å². The minimum absolute atomic E-state index is 0.0114. The van der Waals surface area contributed by atoms with E-state index in [-0.39, 0.29) is 18.6 Å². The van der Waals surface area contributed by atoms with E-state index in [9.17, 15) is 4.79 Å². The molecule has 0 spiro atoms. The second kappa shape index (κ2) is 7.50. The van der Waals surface area contributed by atoms with Gasteiger partial charge in [0, 0.05) is 5.56 Å². The minimum atomic E-state index is -0.168. The number of nitrogens with one attached hydrogen (secondary N) is 1. The first kappa shape index (κ1) is 15.9. The van der Waals surface area contributed by atoms with Gasteiger partial charge in [0.1, 0.15) is 11.5 Å². The predicted octanol–water partition coefficient (Wildman–Crippen LogP) is 3.26. The Bertz CT molecular complexity index is 622. The number of hydrogen-bond donors (Lipinski definition) is 1. The van der Waals surface area contributed by atoms with E-state index in [2.05, 4.69) is 5.32 Å². The largest absolute Gasteiger partial charge is 0.496 e. The molecule has 0 saturated heterocycles. The molecule has 0 radical (unpaired) electrons. The van der Waals surface area contributed by atoms with Crippen LogP contribution in [0.2, 0.25) is 0 Å². The number of rotatable bonds is 6. The molecule has 0 bridgehead atoms. The summed E-state index contributed by atoms with van der Waals surface area (Å²) in [5.41, 5.74) is 2.09. The summed E-state index contributed by atoms with van der Waals surface area (Å²) in [6.45, 7) is 3.91. The zero-order valence-electron chi connectivity index (χ0n) is 13.1. The van der Waals surface area contributed by atoms with Crippen molar-refractivity contribution in [2.24, 2.45) is 0 Å². The fourth-order valence-electron chi connectivity index (χ4n) is 2.17. The third-order valence-electron chi connectivity index (χ3n) is 3.37. The molecule has 1 N–H and O–H groups in total. The zero-order valence-corrected chi connectivity index (χ0v) is 13.1. The van der Waals surface area contributed by atoms with E-state index in [1.54, 1.807) is 7.11 Å². The zero-order chi connectivity index (χ0) is 15.9. The predicted molar refractivity (Wildman–Crippen MR) is 86.2 cm³/mol. The lowest BCUT2D eigenvalue weighted by atomic mass is 10.1. The van der Waals surface area contributed by atoms with Gasteiger partial charge in [-0.1, -0.05) is 35.9 Å². The molecule has 2 aromatic carbocycles. The van der Waals surface area contributed by atoms with Crippen LogP contribution < -0.4 is 14.8 Å². The number of aryl methyl sites for hydroxylation is 1. The van der Waals surface area contributed by atoms with Gasteiger partial charge in [-0.15, -0.1) is 0 Å². The summed E-state index contributed by atoms with van der Waals surface area (Å²) < 4.78 is 10.8. The molecule has 0 aromatic heterocycles. The summed E-state index contributed by atoms with van der Waals surface area (Å²) in [4.78, 5) is 12.0. The van der Waals surface area contributed by atoms with Gasteiger partial charge in [0.05, 0.1) is 13.2 Å². The van der Waals surface area contributed by atoms with Gasteiger partial charge in [0.15, 0.2) is 6.61 Å². The molecule has 1 atom stereocenters. The summed E-state index contributed by atoms with van der Waals surface area (Å²) in [6.07, 6.45) is 0. The van der Waals surface area contributed by atoms with Crippen LogP contribution in [0, 0.1) is 6.92 Å². The first-order valence-electron chi connectivity index (χ1n) is 7.22. The van der Waals surface area contributed by atoms with Gasteiger partial charge in [-0.2, -0.15) is 0 Å². The van der Waals surface area contributed by atoms with Crippen LogP contribution in [0.15, 0.2) is 48.5 Å². The monoisotopic (exact) mass is 299 g/mol. The average Bonchev–Trinajstić information content (AvgIpc) is 2.54. The number of hydrogen-bond acceptors (Lipinski definition) is 3. The van der Waals surface area contributed by atoms with Crippen LogP contribution in [0.5, 0.6) is 11.5 Å². The molecule has 22 heavy (non-hydrogen) atoms. The van der Waals surface area contributed by atoms with E-state index in [4.69, 9.17) is 9.47 Å². The lowest BCUT2D eigenvalue weighted by Gasteiger charge is -2.17. The third kappa shape index (κ3) is 4.25. The number of methoxy groups -OCH3 is 1. The quantitative estimate of drug-likeness (QED) is 0.890. The molecule has 1 amide bonds. The number of amides is 1. The Morgan fingerprint density at radius 1 is 1.14 bits per heavy atom. The lowest BCUT2D eigenvalue weighted by Crippen LogP contribution is -2.31. The normalized spacial score (nSPS) is 11.6. The standard InChI is InChI=1S/C18H21NO3/c1-13-8-10-15(11-9-13)22-12-18(20)19-14(2)16-6-4-5-7-17(16)21-3/h4-11,14H,12H2,1-3H3,(H,19,20). The molecule has 0 saturated carbocycles. The molecule has 0 fully saturated rings. The van der Waals surface area contributed by atoms with Crippen LogP contribution in [0.3, 0.4) is 0 Å². The van der Waals surface area contributed by atoms with E-state index in [0.717, 1.165) is 16.9 Å². The number of carbonyl (C=O) groups excluding carboxylic acids is 1. The van der Waals surface area contributed by atoms with Gasteiger partial charge >= 0.3 is 0 Å². The van der Waals surface area contributed by atoms with Crippen molar-refractivity contribution in [2.75, 3.05) is 13.7 Å². The molecular weight excluding hydrogens is 278 g/mol. The third-order valence-corrected chi connectivity index (χ3v) is 3.37. The Balaban J connectivity index is 1.90. The van der Waals surface area contributed by atoms with Crippen LogP contribution in [-0.2, 0) is 4.79 Å². The van der Waals surface area contributed by atoms with Crippen LogP contribution in [0.4, 0.5) is 0 Å². The molecule has 4 heteroatoms. The second-order valence-corrected chi connectivity index (χ2v) is 5.13. The van der Waals surface area contributed by atoms with Crippen LogP contribution in [-0.4, -0.2) is 19.6 Å². The fraction of sp³-hybridized carbons (Fsp3) is 0.278. The molecule has 0 aliphatic heterocycles. The van der Waals surface area contributed by atoms with E-state index in [0.29, 0.717) is 5.75 Å². The van der Waals surface area contributed by atoms with Crippen molar-refractivity contribution in [3.8, 4) is 11.5 Å². The average molecular weight is 299 g/mol. The van der Waals surface area contributed by atoms with Crippen molar-refractivity contribution in [3.05, 3.63) is 59.7 Å². The van der Waals surface area contributed by atoms with Crippen molar-refractivity contribution < 1.29 is 14.3 Å².